The molecule has 1 nitrogen and oxygen atoms in total. The number of pyridine rings is 1. The van der Waals surface area contributed by atoms with E-state index in [-0.39, 0.29) is 5.95 Å². The van der Waals surface area contributed by atoms with E-state index in [0.717, 1.165) is 17.8 Å². The van der Waals surface area contributed by atoms with Crippen LogP contribution in [0.4, 0.5) is 4.39 Å². The Morgan fingerprint density at radius 1 is 0.952 bits per heavy atom. The minimum atomic E-state index is -0.361. The minimum absolute atomic E-state index is 0.361. The molecule has 0 amide bonds. The van der Waals surface area contributed by atoms with Gasteiger partial charge in [-0.05, 0) is 73.8 Å². The maximum absolute atomic E-state index is 12.9. The second kappa shape index (κ2) is 6.89. The van der Waals surface area contributed by atoms with Gasteiger partial charge in [0.1, 0.15) is 0 Å². The standard InChI is InChI=1S/C19H28FN/c1-2-14-3-5-15(6-4-14)16-7-9-17(10-8-16)18-11-12-19(20)21-13-18/h11-17H,2-10H2,1H3/t14-,15-,16?,17?. The number of aromatic nitrogens is 1. The number of hydrogen-bond donors (Lipinski definition) is 0. The van der Waals surface area contributed by atoms with Crippen molar-refractivity contribution in [2.75, 3.05) is 0 Å². The summed E-state index contributed by atoms with van der Waals surface area (Å²) in [6.45, 7) is 2.34. The molecular weight excluding hydrogens is 261 g/mol. The molecule has 0 radical (unpaired) electrons. The van der Waals surface area contributed by atoms with Crippen LogP contribution in [0, 0.1) is 23.7 Å². The van der Waals surface area contributed by atoms with Crippen molar-refractivity contribution in [3.05, 3.63) is 29.8 Å². The van der Waals surface area contributed by atoms with Gasteiger partial charge in [-0.15, -0.1) is 0 Å². The van der Waals surface area contributed by atoms with Crippen LogP contribution in [0.3, 0.4) is 0 Å². The van der Waals surface area contributed by atoms with Crippen molar-refractivity contribution in [3.8, 4) is 0 Å². The number of halogens is 1. The Kier molecular flexibility index (Phi) is 4.92. The summed E-state index contributed by atoms with van der Waals surface area (Å²) in [7, 11) is 0. The van der Waals surface area contributed by atoms with Crippen LogP contribution < -0.4 is 0 Å². The Hall–Kier alpha value is -0.920. The van der Waals surface area contributed by atoms with Crippen LogP contribution in [-0.4, -0.2) is 4.98 Å². The van der Waals surface area contributed by atoms with Crippen molar-refractivity contribution in [1.29, 1.82) is 0 Å². The van der Waals surface area contributed by atoms with E-state index in [4.69, 9.17) is 0 Å². The molecule has 2 aliphatic rings. The molecule has 3 rings (SSSR count). The molecule has 2 aliphatic carbocycles. The van der Waals surface area contributed by atoms with E-state index in [0.29, 0.717) is 5.92 Å². The summed E-state index contributed by atoms with van der Waals surface area (Å²) in [6.07, 6.45) is 14.2. The van der Waals surface area contributed by atoms with Crippen molar-refractivity contribution >= 4 is 0 Å². The van der Waals surface area contributed by atoms with Crippen LogP contribution in [-0.2, 0) is 0 Å². The Morgan fingerprint density at radius 3 is 2.10 bits per heavy atom. The van der Waals surface area contributed by atoms with Crippen molar-refractivity contribution in [1.82, 2.24) is 4.98 Å². The van der Waals surface area contributed by atoms with E-state index in [1.807, 2.05) is 6.07 Å². The summed E-state index contributed by atoms with van der Waals surface area (Å²) in [5.41, 5.74) is 1.24. The maximum atomic E-state index is 12.9. The first-order valence-corrected chi connectivity index (χ1v) is 8.87. The summed E-state index contributed by atoms with van der Waals surface area (Å²) in [6, 6.07) is 3.44. The van der Waals surface area contributed by atoms with Gasteiger partial charge in [0.25, 0.3) is 0 Å². The zero-order chi connectivity index (χ0) is 14.7. The fourth-order valence-electron chi connectivity index (χ4n) is 4.62. The van der Waals surface area contributed by atoms with E-state index in [2.05, 4.69) is 11.9 Å². The highest BCUT2D eigenvalue weighted by atomic mass is 19.1. The molecule has 0 N–H and O–H groups in total. The quantitative estimate of drug-likeness (QED) is 0.649. The molecular formula is C19H28FN. The highest BCUT2D eigenvalue weighted by Gasteiger charge is 2.30. The third-order valence-corrected chi connectivity index (χ3v) is 6.13. The fraction of sp³-hybridized carbons (Fsp3) is 0.737. The predicted octanol–water partition coefficient (Wildman–Crippen LogP) is 5.71. The average Bonchev–Trinajstić information content (AvgIpc) is 2.56. The lowest BCUT2D eigenvalue weighted by Crippen LogP contribution is -2.25. The van der Waals surface area contributed by atoms with Gasteiger partial charge in [0.2, 0.25) is 5.95 Å². The molecule has 2 heteroatoms. The highest BCUT2D eigenvalue weighted by molar-refractivity contribution is 5.15. The molecule has 0 saturated heterocycles. The maximum Gasteiger partial charge on any atom is 0.212 e. The third kappa shape index (κ3) is 3.64. The van der Waals surface area contributed by atoms with Gasteiger partial charge >= 0.3 is 0 Å². The van der Waals surface area contributed by atoms with E-state index >= 15 is 0 Å². The van der Waals surface area contributed by atoms with Crippen molar-refractivity contribution in [2.24, 2.45) is 17.8 Å². The van der Waals surface area contributed by atoms with Crippen molar-refractivity contribution in [3.63, 3.8) is 0 Å². The zero-order valence-corrected chi connectivity index (χ0v) is 13.2. The topological polar surface area (TPSA) is 12.9 Å². The first-order chi connectivity index (χ1) is 10.3. The lowest BCUT2D eigenvalue weighted by Gasteiger charge is -2.37. The smallest absolute Gasteiger partial charge is 0.212 e. The van der Waals surface area contributed by atoms with E-state index in [1.165, 1.54) is 69.4 Å². The Bertz CT molecular complexity index is 425. The zero-order valence-electron chi connectivity index (χ0n) is 13.2. The van der Waals surface area contributed by atoms with E-state index in [1.54, 1.807) is 6.20 Å². The SMILES string of the molecule is CC[C@H]1CC[C@H](C2CCC(c3ccc(F)nc3)CC2)CC1. The van der Waals surface area contributed by atoms with Gasteiger partial charge in [0.05, 0.1) is 0 Å². The molecule has 21 heavy (non-hydrogen) atoms. The Morgan fingerprint density at radius 2 is 1.57 bits per heavy atom. The van der Waals surface area contributed by atoms with Gasteiger partial charge in [0.15, 0.2) is 0 Å². The van der Waals surface area contributed by atoms with Gasteiger partial charge < -0.3 is 0 Å². The van der Waals surface area contributed by atoms with Gasteiger partial charge in [-0.2, -0.15) is 4.39 Å². The van der Waals surface area contributed by atoms with Gasteiger partial charge in [-0.1, -0.05) is 32.3 Å². The molecule has 0 atom stereocenters. The molecule has 2 saturated carbocycles. The summed E-state index contributed by atoms with van der Waals surface area (Å²) < 4.78 is 12.9. The molecule has 116 valence electrons. The molecule has 1 heterocycles. The summed E-state index contributed by atoms with van der Waals surface area (Å²) in [4.78, 5) is 3.81. The van der Waals surface area contributed by atoms with Crippen LogP contribution in [0.5, 0.6) is 0 Å². The number of rotatable bonds is 3. The molecule has 2 fully saturated rings. The molecule has 0 unspecified atom stereocenters. The monoisotopic (exact) mass is 289 g/mol. The normalized spacial score (nSPS) is 33.8. The highest BCUT2D eigenvalue weighted by Crippen LogP contribution is 2.44. The first kappa shape index (κ1) is 15.0. The Labute approximate surface area is 128 Å². The molecule has 0 aliphatic heterocycles. The van der Waals surface area contributed by atoms with Gasteiger partial charge in [-0.3, -0.25) is 0 Å². The predicted molar refractivity (Wildman–Crippen MR) is 84.6 cm³/mol. The number of nitrogens with zero attached hydrogens (tertiary/aromatic N) is 1. The number of hydrogen-bond acceptors (Lipinski definition) is 1. The molecule has 0 bridgehead atoms. The van der Waals surface area contributed by atoms with E-state index in [9.17, 15) is 4.39 Å². The minimum Gasteiger partial charge on any atom is -0.228 e. The van der Waals surface area contributed by atoms with Crippen LogP contribution in [0.15, 0.2) is 18.3 Å². The second-order valence-corrected chi connectivity index (χ2v) is 7.22. The van der Waals surface area contributed by atoms with Crippen molar-refractivity contribution < 1.29 is 4.39 Å². The van der Waals surface area contributed by atoms with Crippen molar-refractivity contribution in [2.45, 2.75) is 70.6 Å². The third-order valence-electron chi connectivity index (χ3n) is 6.13. The lowest BCUT2D eigenvalue weighted by atomic mass is 9.68. The lowest BCUT2D eigenvalue weighted by molar-refractivity contribution is 0.158. The van der Waals surface area contributed by atoms with E-state index < -0.39 is 0 Å². The van der Waals surface area contributed by atoms with Crippen LogP contribution >= 0.6 is 0 Å². The molecule has 1 aromatic heterocycles. The van der Waals surface area contributed by atoms with Crippen LogP contribution in [0.1, 0.15) is 76.2 Å². The van der Waals surface area contributed by atoms with Crippen LogP contribution in [0.25, 0.3) is 0 Å². The van der Waals surface area contributed by atoms with Crippen LogP contribution in [0.2, 0.25) is 0 Å². The average molecular weight is 289 g/mol. The molecule has 0 spiro atoms. The summed E-state index contributed by atoms with van der Waals surface area (Å²) >= 11 is 0. The molecule has 1 aromatic rings. The Balaban J connectivity index is 1.50. The first-order valence-electron chi connectivity index (χ1n) is 8.87. The van der Waals surface area contributed by atoms with Gasteiger partial charge in [-0.25, -0.2) is 4.98 Å². The molecule has 0 aromatic carbocycles. The largest absolute Gasteiger partial charge is 0.228 e. The summed E-state index contributed by atoms with van der Waals surface area (Å²) in [5, 5.41) is 0. The second-order valence-electron chi connectivity index (χ2n) is 7.22. The fourth-order valence-corrected chi connectivity index (χ4v) is 4.62. The summed E-state index contributed by atoms with van der Waals surface area (Å²) in [5.74, 6) is 3.19. The van der Waals surface area contributed by atoms with Gasteiger partial charge in [0, 0.05) is 6.20 Å².